The molecule has 2 aliphatic rings. The van der Waals surface area contributed by atoms with Crippen LogP contribution >= 0.6 is 0 Å². The molecule has 0 aliphatic carbocycles. The van der Waals surface area contributed by atoms with Gasteiger partial charge in [-0.05, 0) is 24.6 Å². The van der Waals surface area contributed by atoms with E-state index in [0.29, 0.717) is 49.7 Å². The van der Waals surface area contributed by atoms with Crippen molar-refractivity contribution >= 4 is 17.7 Å². The lowest BCUT2D eigenvalue weighted by atomic mass is 10.1. The highest BCUT2D eigenvalue weighted by Gasteiger charge is 2.33. The van der Waals surface area contributed by atoms with Crippen molar-refractivity contribution in [3.05, 3.63) is 23.8 Å². The lowest BCUT2D eigenvalue weighted by molar-refractivity contribution is -0.130. The molecule has 2 saturated heterocycles. The second kappa shape index (κ2) is 9.15. The summed E-state index contributed by atoms with van der Waals surface area (Å²) in [4.78, 5) is 40.1. The molecule has 1 atom stereocenters. The predicted molar refractivity (Wildman–Crippen MR) is 107 cm³/mol. The second-order valence-electron chi connectivity index (χ2n) is 7.54. The summed E-state index contributed by atoms with van der Waals surface area (Å²) in [6, 6.07) is 5.22. The summed E-state index contributed by atoms with van der Waals surface area (Å²) < 4.78 is 11.5. The molecule has 1 aromatic rings. The zero-order chi connectivity index (χ0) is 21.0. The van der Waals surface area contributed by atoms with Gasteiger partial charge in [0.15, 0.2) is 0 Å². The Morgan fingerprint density at radius 3 is 2.38 bits per heavy atom. The number of ether oxygens (including phenoxy) is 2. The van der Waals surface area contributed by atoms with E-state index in [9.17, 15) is 14.4 Å². The number of amides is 3. The number of hydrogen-bond acceptors (Lipinski definition) is 5. The number of nitrogens with one attached hydrogen (secondary N) is 1. The van der Waals surface area contributed by atoms with Gasteiger partial charge in [-0.15, -0.1) is 0 Å². The molecule has 29 heavy (non-hydrogen) atoms. The minimum atomic E-state index is -0.185. The summed E-state index contributed by atoms with van der Waals surface area (Å²) in [5.74, 6) is 0.777. The number of carbonyl (C=O) groups is 3. The topological polar surface area (TPSA) is 88.2 Å². The van der Waals surface area contributed by atoms with Crippen molar-refractivity contribution in [2.45, 2.75) is 32.3 Å². The Balaban J connectivity index is 1.73. The molecule has 1 aromatic carbocycles. The molecular weight excluding hydrogens is 374 g/mol. The van der Waals surface area contributed by atoms with Crippen molar-refractivity contribution in [1.82, 2.24) is 15.1 Å². The van der Waals surface area contributed by atoms with Gasteiger partial charge in [-0.25, -0.2) is 0 Å². The molecule has 1 N–H and O–H groups in total. The number of methoxy groups -OCH3 is 1. The first-order valence-corrected chi connectivity index (χ1v) is 10.0. The zero-order valence-corrected chi connectivity index (χ0v) is 17.3. The maximum Gasteiger partial charge on any atom is 0.257 e. The molecule has 158 valence electrons. The quantitative estimate of drug-likeness (QED) is 0.801. The lowest BCUT2D eigenvalue weighted by Crippen LogP contribution is -2.41. The van der Waals surface area contributed by atoms with E-state index in [2.05, 4.69) is 5.32 Å². The summed E-state index contributed by atoms with van der Waals surface area (Å²) in [5.41, 5.74) is 0.441. The van der Waals surface area contributed by atoms with Gasteiger partial charge in [-0.2, -0.15) is 0 Å². The highest BCUT2D eigenvalue weighted by molar-refractivity contribution is 5.98. The molecule has 8 heteroatoms. The average molecular weight is 403 g/mol. The Bertz CT molecular complexity index is 774. The molecule has 2 aliphatic heterocycles. The monoisotopic (exact) mass is 403 g/mol. The number of benzene rings is 1. The third kappa shape index (κ3) is 4.81. The van der Waals surface area contributed by atoms with Crippen LogP contribution in [0.2, 0.25) is 0 Å². The second-order valence-corrected chi connectivity index (χ2v) is 7.54. The normalized spacial score (nSPS) is 19.8. The fraction of sp³-hybridized carbons (Fsp3) is 0.571. The SMILES string of the molecule is CNC(=O)C1CCN(C(=O)c2cc(OC)ccc2OC2CCN(C(C)=O)CC2)C1. The molecule has 0 saturated carbocycles. The Labute approximate surface area is 171 Å². The fourth-order valence-corrected chi connectivity index (χ4v) is 3.91. The van der Waals surface area contributed by atoms with E-state index < -0.39 is 0 Å². The maximum absolute atomic E-state index is 13.2. The van der Waals surface area contributed by atoms with Crippen LogP contribution in [-0.2, 0) is 9.59 Å². The lowest BCUT2D eigenvalue weighted by Gasteiger charge is -2.32. The molecule has 0 bridgehead atoms. The molecule has 2 heterocycles. The van der Waals surface area contributed by atoms with E-state index in [1.54, 1.807) is 44.2 Å². The Morgan fingerprint density at radius 1 is 1.07 bits per heavy atom. The van der Waals surface area contributed by atoms with E-state index in [1.165, 1.54) is 0 Å². The summed E-state index contributed by atoms with van der Waals surface area (Å²) >= 11 is 0. The van der Waals surface area contributed by atoms with Crippen LogP contribution in [0.1, 0.15) is 36.5 Å². The van der Waals surface area contributed by atoms with Gasteiger partial charge in [-0.1, -0.05) is 0 Å². The van der Waals surface area contributed by atoms with Crippen LogP contribution in [0.3, 0.4) is 0 Å². The number of hydrogen-bond donors (Lipinski definition) is 1. The van der Waals surface area contributed by atoms with Gasteiger partial charge >= 0.3 is 0 Å². The molecule has 2 fully saturated rings. The first-order valence-electron chi connectivity index (χ1n) is 10.0. The number of piperidine rings is 1. The van der Waals surface area contributed by atoms with Crippen LogP contribution < -0.4 is 14.8 Å². The zero-order valence-electron chi connectivity index (χ0n) is 17.3. The summed E-state index contributed by atoms with van der Waals surface area (Å²) in [6.45, 7) is 3.80. The van der Waals surface area contributed by atoms with Crippen molar-refractivity contribution in [3.8, 4) is 11.5 Å². The highest BCUT2D eigenvalue weighted by Crippen LogP contribution is 2.30. The highest BCUT2D eigenvalue weighted by atomic mass is 16.5. The molecule has 8 nitrogen and oxygen atoms in total. The fourth-order valence-electron chi connectivity index (χ4n) is 3.91. The molecule has 0 aromatic heterocycles. The first-order chi connectivity index (χ1) is 13.9. The minimum Gasteiger partial charge on any atom is -0.497 e. The number of carbonyl (C=O) groups excluding carboxylic acids is 3. The molecule has 1 unspecified atom stereocenters. The smallest absolute Gasteiger partial charge is 0.257 e. The van der Waals surface area contributed by atoms with Gasteiger partial charge in [0.1, 0.15) is 17.6 Å². The molecular formula is C21H29N3O5. The van der Waals surface area contributed by atoms with Gasteiger partial charge in [0.2, 0.25) is 11.8 Å². The van der Waals surface area contributed by atoms with Crippen LogP contribution in [0.25, 0.3) is 0 Å². The summed E-state index contributed by atoms with van der Waals surface area (Å²) in [7, 11) is 3.16. The van der Waals surface area contributed by atoms with Gasteiger partial charge < -0.3 is 24.6 Å². The van der Waals surface area contributed by atoms with Crippen molar-refractivity contribution in [2.24, 2.45) is 5.92 Å². The van der Waals surface area contributed by atoms with Crippen LogP contribution in [0.4, 0.5) is 0 Å². The molecule has 0 radical (unpaired) electrons. The summed E-state index contributed by atoms with van der Waals surface area (Å²) in [6.07, 6.45) is 2.04. The number of rotatable bonds is 5. The molecule has 3 amide bonds. The van der Waals surface area contributed by atoms with Gasteiger partial charge in [0.05, 0.1) is 18.6 Å². The Kier molecular flexibility index (Phi) is 6.61. The number of nitrogens with zero attached hydrogens (tertiary/aromatic N) is 2. The largest absolute Gasteiger partial charge is 0.497 e. The van der Waals surface area contributed by atoms with Gasteiger partial charge in [-0.3, -0.25) is 14.4 Å². The first kappa shape index (κ1) is 21.0. The van der Waals surface area contributed by atoms with Crippen molar-refractivity contribution in [3.63, 3.8) is 0 Å². The van der Waals surface area contributed by atoms with Gasteiger partial charge in [0, 0.05) is 53.0 Å². The standard InChI is InChI=1S/C21H29N3O5/c1-14(25)23-10-7-16(8-11-23)29-19-5-4-17(28-3)12-18(19)21(27)24-9-6-15(13-24)20(26)22-2/h4-5,12,15-16H,6-11,13H2,1-3H3,(H,22,26). The third-order valence-electron chi connectivity index (χ3n) is 5.69. The Morgan fingerprint density at radius 2 is 1.76 bits per heavy atom. The van der Waals surface area contributed by atoms with Crippen molar-refractivity contribution in [1.29, 1.82) is 0 Å². The van der Waals surface area contributed by atoms with Gasteiger partial charge in [0.25, 0.3) is 5.91 Å². The van der Waals surface area contributed by atoms with E-state index in [1.807, 2.05) is 4.90 Å². The molecule has 0 spiro atoms. The Hall–Kier alpha value is -2.77. The average Bonchev–Trinajstić information content (AvgIpc) is 3.23. The van der Waals surface area contributed by atoms with Crippen LogP contribution in [0, 0.1) is 5.92 Å². The van der Waals surface area contributed by atoms with E-state index in [0.717, 1.165) is 12.8 Å². The van der Waals surface area contributed by atoms with E-state index in [4.69, 9.17) is 9.47 Å². The van der Waals surface area contributed by atoms with E-state index >= 15 is 0 Å². The summed E-state index contributed by atoms with van der Waals surface area (Å²) in [5, 5.41) is 2.65. The van der Waals surface area contributed by atoms with Crippen molar-refractivity contribution in [2.75, 3.05) is 40.3 Å². The van der Waals surface area contributed by atoms with Crippen LogP contribution in [-0.4, -0.2) is 74.0 Å². The van der Waals surface area contributed by atoms with E-state index in [-0.39, 0.29) is 29.7 Å². The number of likely N-dealkylation sites (tertiary alicyclic amines) is 2. The minimum absolute atomic E-state index is 0.0420. The molecule has 3 rings (SSSR count). The maximum atomic E-state index is 13.2. The van der Waals surface area contributed by atoms with Crippen LogP contribution in [0.5, 0.6) is 11.5 Å². The predicted octanol–water partition coefficient (Wildman–Crippen LogP) is 1.29. The van der Waals surface area contributed by atoms with Crippen LogP contribution in [0.15, 0.2) is 18.2 Å². The van der Waals surface area contributed by atoms with Crippen molar-refractivity contribution < 1.29 is 23.9 Å². The third-order valence-corrected chi connectivity index (χ3v) is 5.69.